The molecule has 1 atom stereocenters. The molecule has 0 aliphatic carbocycles. The van der Waals surface area contributed by atoms with Crippen LogP contribution in [0, 0.1) is 61.3 Å². The molecule has 80 heavy (non-hydrogen) atoms. The average molecular weight is 1220 g/mol. The summed E-state index contributed by atoms with van der Waals surface area (Å²) >= 11 is -0.346. The van der Waals surface area contributed by atoms with Gasteiger partial charge < -0.3 is 20.9 Å². The summed E-state index contributed by atoms with van der Waals surface area (Å²) in [4.78, 5) is 0. The zero-order valence-corrected chi connectivity index (χ0v) is 53.1. The fraction of sp³-hybridized carbons (Fsp3) is 0.211. The molecule has 0 saturated heterocycles. The molecular formula is C71H74Cl2N2O2P2Ru. The molecule has 4 N–H and O–H groups in total. The number of halogens is 2. The maximum absolute atomic E-state index is 6.86. The first-order valence-corrected chi connectivity index (χ1v) is 34.2. The predicted molar refractivity (Wildman–Crippen MR) is 348 cm³/mol. The van der Waals surface area contributed by atoms with Crippen LogP contribution in [0.1, 0.15) is 69.5 Å². The summed E-state index contributed by atoms with van der Waals surface area (Å²) in [6.45, 7) is 22.1. The third kappa shape index (κ3) is 13.6. The summed E-state index contributed by atoms with van der Waals surface area (Å²) in [5.74, 6) is 1.82. The fourth-order valence-electron chi connectivity index (χ4n) is 11.4. The summed E-state index contributed by atoms with van der Waals surface area (Å²) in [6.07, 6.45) is 0. The quantitative estimate of drug-likeness (QED) is 0.0891. The van der Waals surface area contributed by atoms with Crippen LogP contribution in [0.25, 0.3) is 32.7 Å². The van der Waals surface area contributed by atoms with E-state index in [1.807, 2.05) is 48.5 Å². The first kappa shape index (κ1) is 60.4. The van der Waals surface area contributed by atoms with Crippen molar-refractivity contribution in [2.24, 2.45) is 17.4 Å². The molecule has 0 aliphatic heterocycles. The topological polar surface area (TPSA) is 70.5 Å². The van der Waals surface area contributed by atoms with E-state index in [0.29, 0.717) is 0 Å². The van der Waals surface area contributed by atoms with Crippen LogP contribution in [0.15, 0.2) is 194 Å². The van der Waals surface area contributed by atoms with E-state index >= 15 is 0 Å². The van der Waals surface area contributed by atoms with E-state index in [0.717, 1.165) is 22.6 Å². The maximum atomic E-state index is 6.86. The van der Waals surface area contributed by atoms with Crippen LogP contribution in [-0.2, 0) is 20.7 Å². The van der Waals surface area contributed by atoms with Crippen LogP contribution < -0.4 is 52.8 Å². The molecular weight excluding hydrogens is 1150 g/mol. The van der Waals surface area contributed by atoms with Crippen molar-refractivity contribution in [2.75, 3.05) is 14.2 Å². The van der Waals surface area contributed by atoms with Crippen LogP contribution in [0.2, 0.25) is 0 Å². The molecule has 4 nitrogen and oxygen atoms in total. The normalized spacial score (nSPS) is 11.9. The van der Waals surface area contributed by atoms with E-state index in [4.69, 9.17) is 40.3 Å². The molecule has 0 aromatic heterocycles. The van der Waals surface area contributed by atoms with Crippen LogP contribution in [0.4, 0.5) is 0 Å². The van der Waals surface area contributed by atoms with E-state index in [2.05, 4.69) is 215 Å². The van der Waals surface area contributed by atoms with Gasteiger partial charge >= 0.3 is 34.5 Å². The molecule has 0 bridgehead atoms. The molecule has 412 valence electrons. The van der Waals surface area contributed by atoms with Crippen molar-refractivity contribution >= 4 is 88.6 Å². The molecule has 0 saturated carbocycles. The second-order valence-electron chi connectivity index (χ2n) is 21.6. The Kier molecular flexibility index (Phi) is 20.3. The van der Waals surface area contributed by atoms with Gasteiger partial charge in [0.25, 0.3) is 0 Å². The van der Waals surface area contributed by atoms with Crippen molar-refractivity contribution in [3.8, 4) is 22.6 Å². The summed E-state index contributed by atoms with van der Waals surface area (Å²) in [5, 5.41) is 13.6. The molecule has 9 heteroatoms. The van der Waals surface area contributed by atoms with Gasteiger partial charge in [-0.15, -0.1) is 0 Å². The molecule has 10 rings (SSSR count). The van der Waals surface area contributed by atoms with Gasteiger partial charge in [0.15, 0.2) is 0 Å². The zero-order chi connectivity index (χ0) is 57.4. The van der Waals surface area contributed by atoms with Crippen molar-refractivity contribution in [3.05, 3.63) is 250 Å². The van der Waals surface area contributed by atoms with Crippen LogP contribution in [0.5, 0.6) is 11.5 Å². The van der Waals surface area contributed by atoms with Gasteiger partial charge in [-0.2, -0.15) is 0 Å². The summed E-state index contributed by atoms with van der Waals surface area (Å²) < 4.78 is 10.5. The molecule has 10 aromatic rings. The summed E-state index contributed by atoms with van der Waals surface area (Å²) in [5.41, 5.74) is 27.7. The van der Waals surface area contributed by atoms with Crippen molar-refractivity contribution in [2.45, 2.75) is 80.8 Å². The third-order valence-corrected chi connectivity index (χ3v) is 19.6. The Bertz CT molecular complexity index is 3350. The summed E-state index contributed by atoms with van der Waals surface area (Å²) in [6, 6.07) is 71.9. The van der Waals surface area contributed by atoms with Crippen molar-refractivity contribution in [3.63, 3.8) is 0 Å². The Hall–Kier alpha value is -5.70. The molecule has 0 heterocycles. The second kappa shape index (κ2) is 26.9. The molecule has 0 aliphatic rings. The van der Waals surface area contributed by atoms with Gasteiger partial charge in [0.05, 0.1) is 19.8 Å². The van der Waals surface area contributed by atoms with Crippen molar-refractivity contribution in [1.29, 1.82) is 0 Å². The molecule has 0 radical (unpaired) electrons. The predicted octanol–water partition coefficient (Wildman–Crippen LogP) is 15.9. The standard InChI is InChI=1S/C52H48P2.C19H26N2O2.2ClH.Ru/c1-33-21-34(2)26-43(25-33)53(44-27-35(3)22-36(4)28-44)49-19-17-41-13-9-11-15-47(41)51(49)52-48-16-12-10-14-42(48)18-20-50(52)54(45-29-37(5)23-38(6)30-45)46-31-39(7)24-40(8)32-46;1-13(2)18(20)19(21,14-5-9-16(22-3)10-6-14)15-7-11-17(23-4)12-8-15;;;/h9-32H,1-8H3;5-13,18H,20-21H2,1-4H3;2*1H;/q;;;;+2/p-2/t;18-;;;/m.1.../s1. The Morgan fingerprint density at radius 1 is 0.412 bits per heavy atom. The van der Waals surface area contributed by atoms with Crippen molar-refractivity contribution < 1.29 is 24.6 Å². The minimum atomic E-state index is -0.937. The van der Waals surface area contributed by atoms with Gasteiger partial charge in [-0.3, -0.25) is 0 Å². The Balaban J connectivity index is 0.000000270. The number of benzene rings is 10. The number of nitrogens with two attached hydrogens (primary N) is 2. The number of fused-ring (bicyclic) bond motifs is 2. The third-order valence-electron chi connectivity index (χ3n) is 14.8. The molecule has 0 amide bonds. The van der Waals surface area contributed by atoms with E-state index in [1.165, 1.54) is 109 Å². The minimum absolute atomic E-state index is 0.226. The number of hydrogen-bond donors (Lipinski definition) is 2. The number of rotatable bonds is 13. The Labute approximate surface area is 494 Å². The molecule has 0 unspecified atom stereocenters. The SMILES string of the molecule is COc1ccc(C(N)(c2ccc(OC)cc2)[C@H](N)C(C)C)cc1.Cc1cc(C)cc(P(c2cc(C)cc(C)c2)c2ccc3ccccc3c2-c2c(P(c3cc(C)cc(C)c3)c3cc(C)cc(C)c3)ccc3ccccc23)c1.[Cl][Ru][Cl]. The van der Waals surface area contributed by atoms with Gasteiger partial charge in [0.1, 0.15) is 11.5 Å². The Morgan fingerprint density at radius 3 is 0.950 bits per heavy atom. The van der Waals surface area contributed by atoms with Crippen LogP contribution >= 0.6 is 35.2 Å². The van der Waals surface area contributed by atoms with Gasteiger partial charge in [0.2, 0.25) is 0 Å². The first-order chi connectivity index (χ1) is 38.4. The molecule has 0 fully saturated rings. The molecule has 0 spiro atoms. The summed E-state index contributed by atoms with van der Waals surface area (Å²) in [7, 11) is 11.1. The Morgan fingerprint density at radius 2 is 0.688 bits per heavy atom. The average Bonchev–Trinajstić information content (AvgIpc) is 3.62. The van der Waals surface area contributed by atoms with Gasteiger partial charge in [-0.05, 0) is 177 Å². The van der Waals surface area contributed by atoms with Gasteiger partial charge in [0, 0.05) is 6.04 Å². The second-order valence-corrected chi connectivity index (χ2v) is 28.6. The number of aryl methyl sites for hydroxylation is 8. The van der Waals surface area contributed by atoms with E-state index in [-0.39, 0.29) is 27.1 Å². The monoisotopic (exact) mass is 1220 g/mol. The molecule has 10 aromatic carbocycles. The van der Waals surface area contributed by atoms with Crippen LogP contribution in [-0.4, -0.2) is 20.3 Å². The number of methoxy groups -OCH3 is 2. The van der Waals surface area contributed by atoms with E-state index in [9.17, 15) is 0 Å². The number of ether oxygens (including phenoxy) is 2. The van der Waals surface area contributed by atoms with Gasteiger partial charge in [-0.25, -0.2) is 0 Å². The number of hydrogen-bond acceptors (Lipinski definition) is 4. The fourth-order valence-corrected chi connectivity index (χ4v) is 17.1. The van der Waals surface area contributed by atoms with Crippen LogP contribution in [0.3, 0.4) is 0 Å². The van der Waals surface area contributed by atoms with E-state index < -0.39 is 21.4 Å². The zero-order valence-electron chi connectivity index (χ0n) is 48.1. The first-order valence-electron chi connectivity index (χ1n) is 27.0. The van der Waals surface area contributed by atoms with Gasteiger partial charge in [-0.1, -0.05) is 228 Å². The van der Waals surface area contributed by atoms with Crippen molar-refractivity contribution in [1.82, 2.24) is 0 Å². The van der Waals surface area contributed by atoms with E-state index in [1.54, 1.807) is 14.2 Å².